The summed E-state index contributed by atoms with van der Waals surface area (Å²) in [7, 11) is -3.83. The third-order valence-corrected chi connectivity index (χ3v) is 6.01. The quantitative estimate of drug-likeness (QED) is 0.819. The van der Waals surface area contributed by atoms with Crippen LogP contribution in [0.3, 0.4) is 0 Å². The molecule has 0 aromatic carbocycles. The van der Waals surface area contributed by atoms with Crippen molar-refractivity contribution in [2.45, 2.75) is 31.7 Å². The summed E-state index contributed by atoms with van der Waals surface area (Å²) < 4.78 is 26.4. The van der Waals surface area contributed by atoms with Gasteiger partial charge in [-0.15, -0.1) is 17.9 Å². The molecule has 0 atom stereocenters. The third kappa shape index (κ3) is 3.05. The molecule has 7 heteroatoms. The summed E-state index contributed by atoms with van der Waals surface area (Å²) in [5.74, 6) is -1.22. The van der Waals surface area contributed by atoms with Gasteiger partial charge in [-0.1, -0.05) is 6.08 Å². The molecule has 1 aromatic rings. The summed E-state index contributed by atoms with van der Waals surface area (Å²) in [6.07, 6.45) is 1.49. The number of aromatic carboxylic acids is 1. The van der Waals surface area contributed by atoms with Gasteiger partial charge in [0.2, 0.25) is 10.0 Å². The molecule has 1 rings (SSSR count). The number of hydrogen-bond acceptors (Lipinski definition) is 4. The second kappa shape index (κ2) is 5.85. The van der Waals surface area contributed by atoms with Crippen molar-refractivity contribution in [3.63, 3.8) is 0 Å². The summed E-state index contributed by atoms with van der Waals surface area (Å²) in [6, 6.07) is -0.274. The van der Waals surface area contributed by atoms with Gasteiger partial charge >= 0.3 is 5.97 Å². The molecule has 0 aliphatic rings. The summed E-state index contributed by atoms with van der Waals surface area (Å²) in [5.41, 5.74) is 0.456. The van der Waals surface area contributed by atoms with E-state index in [2.05, 4.69) is 6.58 Å². The Balaban J connectivity index is 3.45. The normalized spacial score (nSPS) is 12.1. The van der Waals surface area contributed by atoms with E-state index in [1.54, 1.807) is 26.2 Å². The van der Waals surface area contributed by atoms with Crippen molar-refractivity contribution in [2.24, 2.45) is 0 Å². The largest absolute Gasteiger partial charge is 0.477 e. The van der Waals surface area contributed by atoms with Crippen molar-refractivity contribution in [3.05, 3.63) is 28.5 Å². The number of rotatable bonds is 6. The number of carboxylic acid groups (broad SMARTS) is 1. The highest BCUT2D eigenvalue weighted by Crippen LogP contribution is 2.30. The van der Waals surface area contributed by atoms with E-state index in [-0.39, 0.29) is 22.4 Å². The van der Waals surface area contributed by atoms with Gasteiger partial charge < -0.3 is 5.11 Å². The van der Waals surface area contributed by atoms with E-state index in [1.807, 2.05) is 0 Å². The van der Waals surface area contributed by atoms with Gasteiger partial charge in [-0.05, 0) is 31.7 Å². The lowest BCUT2D eigenvalue weighted by Crippen LogP contribution is -2.37. The maximum atomic E-state index is 12.6. The highest BCUT2D eigenvalue weighted by Gasteiger charge is 2.33. The average Bonchev–Trinajstić information content (AvgIpc) is 2.68. The molecule has 1 aromatic heterocycles. The van der Waals surface area contributed by atoms with Crippen LogP contribution in [-0.4, -0.2) is 36.4 Å². The topological polar surface area (TPSA) is 74.7 Å². The average molecular weight is 303 g/mol. The Morgan fingerprint density at radius 2 is 2.16 bits per heavy atom. The number of aryl methyl sites for hydroxylation is 1. The summed E-state index contributed by atoms with van der Waals surface area (Å²) in [6.45, 7) is 8.76. The standard InChI is InChI=1S/C12H17NO4S2/c1-5-6-13(8(2)3)19(16,17)11-9(4)7-18-10(11)12(14)15/h5,7-8H,1,6H2,2-4H3,(H,14,15). The summed E-state index contributed by atoms with van der Waals surface area (Å²) in [5, 5.41) is 10.6. The van der Waals surface area contributed by atoms with Gasteiger partial charge in [0.15, 0.2) is 0 Å². The second-order valence-electron chi connectivity index (χ2n) is 4.34. The van der Waals surface area contributed by atoms with Gasteiger partial charge in [0.05, 0.1) is 0 Å². The number of thiophene rings is 1. The minimum atomic E-state index is -3.83. The molecular weight excluding hydrogens is 286 g/mol. The highest BCUT2D eigenvalue weighted by atomic mass is 32.2. The third-order valence-electron chi connectivity index (χ3n) is 2.56. The Hall–Kier alpha value is -1.18. The van der Waals surface area contributed by atoms with E-state index in [0.29, 0.717) is 5.56 Å². The van der Waals surface area contributed by atoms with Gasteiger partial charge in [0.25, 0.3) is 0 Å². The molecule has 0 spiro atoms. The fourth-order valence-electron chi connectivity index (χ4n) is 1.73. The molecule has 0 unspecified atom stereocenters. The fraction of sp³-hybridized carbons (Fsp3) is 0.417. The predicted molar refractivity (Wildman–Crippen MR) is 75.2 cm³/mol. The SMILES string of the molecule is C=CCN(C(C)C)S(=O)(=O)c1c(C)csc1C(=O)O. The smallest absolute Gasteiger partial charge is 0.347 e. The van der Waals surface area contributed by atoms with E-state index < -0.39 is 16.0 Å². The Morgan fingerprint density at radius 3 is 2.58 bits per heavy atom. The van der Waals surface area contributed by atoms with Crippen molar-refractivity contribution in [1.29, 1.82) is 0 Å². The Bertz CT molecular complexity index is 587. The van der Waals surface area contributed by atoms with Gasteiger partial charge in [-0.2, -0.15) is 4.31 Å². The molecule has 1 N–H and O–H groups in total. The van der Waals surface area contributed by atoms with Crippen LogP contribution < -0.4 is 0 Å². The van der Waals surface area contributed by atoms with Gasteiger partial charge in [-0.25, -0.2) is 13.2 Å². The Labute approximate surface area is 117 Å². The van der Waals surface area contributed by atoms with Crippen molar-refractivity contribution >= 4 is 27.3 Å². The first kappa shape index (κ1) is 15.9. The molecule has 106 valence electrons. The molecule has 0 aliphatic carbocycles. The first-order valence-electron chi connectivity index (χ1n) is 5.67. The monoisotopic (exact) mass is 303 g/mol. The van der Waals surface area contributed by atoms with Gasteiger partial charge in [-0.3, -0.25) is 0 Å². The molecule has 0 saturated heterocycles. The van der Waals surface area contributed by atoms with Crippen molar-refractivity contribution in [1.82, 2.24) is 4.31 Å². The van der Waals surface area contributed by atoms with Crippen molar-refractivity contribution in [2.75, 3.05) is 6.54 Å². The van der Waals surface area contributed by atoms with E-state index >= 15 is 0 Å². The first-order valence-corrected chi connectivity index (χ1v) is 7.99. The molecule has 0 aliphatic heterocycles. The first-order chi connectivity index (χ1) is 8.73. The van der Waals surface area contributed by atoms with Crippen molar-refractivity contribution < 1.29 is 18.3 Å². The molecule has 0 bridgehead atoms. The van der Waals surface area contributed by atoms with Crippen LogP contribution in [0.1, 0.15) is 29.1 Å². The van der Waals surface area contributed by atoms with Crippen LogP contribution in [0.4, 0.5) is 0 Å². The van der Waals surface area contributed by atoms with E-state index in [4.69, 9.17) is 5.11 Å². The minimum absolute atomic E-state index is 0.111. The lowest BCUT2D eigenvalue weighted by Gasteiger charge is -2.24. The maximum absolute atomic E-state index is 12.6. The number of carbonyl (C=O) groups is 1. The lowest BCUT2D eigenvalue weighted by atomic mass is 10.3. The zero-order valence-electron chi connectivity index (χ0n) is 11.1. The van der Waals surface area contributed by atoms with E-state index in [1.165, 1.54) is 10.4 Å². The number of carboxylic acids is 1. The van der Waals surface area contributed by atoms with Gasteiger partial charge in [0.1, 0.15) is 9.77 Å². The van der Waals surface area contributed by atoms with E-state index in [9.17, 15) is 13.2 Å². The zero-order valence-corrected chi connectivity index (χ0v) is 12.7. The van der Waals surface area contributed by atoms with E-state index in [0.717, 1.165) is 11.3 Å². The van der Waals surface area contributed by atoms with Gasteiger partial charge in [0, 0.05) is 12.6 Å². The van der Waals surface area contributed by atoms with Crippen LogP contribution in [0.15, 0.2) is 22.9 Å². The molecule has 0 fully saturated rings. The number of nitrogens with zero attached hydrogens (tertiary/aromatic N) is 1. The number of hydrogen-bond donors (Lipinski definition) is 1. The van der Waals surface area contributed by atoms with Crippen LogP contribution in [-0.2, 0) is 10.0 Å². The minimum Gasteiger partial charge on any atom is -0.477 e. The van der Waals surface area contributed by atoms with Crippen LogP contribution in [0.5, 0.6) is 0 Å². The van der Waals surface area contributed by atoms with Crippen LogP contribution >= 0.6 is 11.3 Å². The molecule has 1 heterocycles. The second-order valence-corrected chi connectivity index (χ2v) is 7.05. The zero-order chi connectivity index (χ0) is 14.8. The lowest BCUT2D eigenvalue weighted by molar-refractivity contribution is 0.0698. The maximum Gasteiger partial charge on any atom is 0.347 e. The van der Waals surface area contributed by atoms with Crippen LogP contribution in [0.25, 0.3) is 0 Å². The molecular formula is C12H17NO4S2. The molecule has 5 nitrogen and oxygen atoms in total. The Morgan fingerprint density at radius 1 is 1.58 bits per heavy atom. The Kier molecular flexibility index (Phi) is 4.89. The molecule has 0 amide bonds. The highest BCUT2D eigenvalue weighted by molar-refractivity contribution is 7.89. The predicted octanol–water partition coefficient (Wildman–Crippen LogP) is 2.34. The van der Waals surface area contributed by atoms with Crippen LogP contribution in [0.2, 0.25) is 0 Å². The molecule has 19 heavy (non-hydrogen) atoms. The summed E-state index contributed by atoms with van der Waals surface area (Å²) in [4.78, 5) is 10.9. The van der Waals surface area contributed by atoms with Crippen LogP contribution in [0, 0.1) is 6.92 Å². The molecule has 0 saturated carbocycles. The summed E-state index contributed by atoms with van der Waals surface area (Å²) >= 11 is 0.927. The molecule has 0 radical (unpaired) electrons. The fourth-order valence-corrected chi connectivity index (χ4v) is 4.93. The number of sulfonamides is 1. The van der Waals surface area contributed by atoms with Crippen molar-refractivity contribution in [3.8, 4) is 0 Å².